The van der Waals surface area contributed by atoms with Gasteiger partial charge in [-0.25, -0.2) is 13.1 Å². The van der Waals surface area contributed by atoms with Gasteiger partial charge in [-0.15, -0.1) is 0 Å². The van der Waals surface area contributed by atoms with Crippen LogP contribution in [0.5, 0.6) is 0 Å². The van der Waals surface area contributed by atoms with E-state index >= 15 is 0 Å². The summed E-state index contributed by atoms with van der Waals surface area (Å²) in [7, 11) is -2.22. The van der Waals surface area contributed by atoms with Gasteiger partial charge in [0.2, 0.25) is 10.0 Å². The summed E-state index contributed by atoms with van der Waals surface area (Å²) in [4.78, 5) is 17.3. The lowest BCUT2D eigenvalue weighted by molar-refractivity contribution is 0.0628. The summed E-state index contributed by atoms with van der Waals surface area (Å²) in [5.41, 5.74) is 3.20. The van der Waals surface area contributed by atoms with E-state index in [4.69, 9.17) is 0 Å². The number of hydrogen-bond donors (Lipinski definition) is 1. The van der Waals surface area contributed by atoms with E-state index in [1.54, 1.807) is 24.3 Å². The second kappa shape index (κ2) is 8.10. The first-order chi connectivity index (χ1) is 12.8. The summed E-state index contributed by atoms with van der Waals surface area (Å²) in [5.74, 6) is -0.110. The molecule has 1 saturated heterocycles. The van der Waals surface area contributed by atoms with E-state index < -0.39 is 10.0 Å². The third kappa shape index (κ3) is 4.40. The number of aryl methyl sites for hydroxylation is 1. The highest BCUT2D eigenvalue weighted by atomic mass is 32.2. The number of rotatable bonds is 5. The fourth-order valence-electron chi connectivity index (χ4n) is 3.27. The fraction of sp³-hybridized carbons (Fsp3) is 0.421. The molecule has 1 amide bonds. The van der Waals surface area contributed by atoms with Crippen LogP contribution in [-0.4, -0.2) is 57.4 Å². The van der Waals surface area contributed by atoms with Gasteiger partial charge in [0.15, 0.2) is 0 Å². The molecule has 0 bridgehead atoms. The number of hydrogen-bond acceptors (Lipinski definition) is 5. The topological polar surface area (TPSA) is 69.7 Å². The van der Waals surface area contributed by atoms with Crippen LogP contribution in [0.25, 0.3) is 0 Å². The Morgan fingerprint density at radius 2 is 1.89 bits per heavy atom. The number of amides is 1. The molecule has 27 heavy (non-hydrogen) atoms. The van der Waals surface area contributed by atoms with Gasteiger partial charge in [-0.05, 0) is 66.5 Å². The Hall–Kier alpha value is -1.74. The lowest BCUT2D eigenvalue weighted by atomic mass is 10.0. The third-order valence-electron chi connectivity index (χ3n) is 5.07. The van der Waals surface area contributed by atoms with Gasteiger partial charge in [-0.2, -0.15) is 11.3 Å². The number of nitrogens with one attached hydrogen (secondary N) is 1. The Labute approximate surface area is 164 Å². The maximum Gasteiger partial charge on any atom is 0.253 e. The van der Waals surface area contributed by atoms with Crippen LogP contribution in [0.4, 0.5) is 0 Å². The molecule has 1 aromatic carbocycles. The molecule has 0 radical (unpaired) electrons. The number of sulfonamides is 1. The van der Waals surface area contributed by atoms with Gasteiger partial charge >= 0.3 is 0 Å². The smallest absolute Gasteiger partial charge is 0.253 e. The van der Waals surface area contributed by atoms with E-state index in [0.717, 1.165) is 25.2 Å². The molecule has 3 rings (SSSR count). The number of carbonyl (C=O) groups is 1. The molecule has 0 aliphatic carbocycles. The lowest BCUT2D eigenvalue weighted by Crippen LogP contribution is -2.48. The van der Waals surface area contributed by atoms with E-state index in [0.29, 0.717) is 24.2 Å². The van der Waals surface area contributed by atoms with Gasteiger partial charge in [0.1, 0.15) is 0 Å². The van der Waals surface area contributed by atoms with Crippen LogP contribution in [-0.2, 0) is 16.6 Å². The monoisotopic (exact) mass is 407 g/mol. The Morgan fingerprint density at radius 3 is 2.48 bits per heavy atom. The normalized spacial score (nSPS) is 15.9. The number of piperazine rings is 1. The van der Waals surface area contributed by atoms with E-state index in [-0.39, 0.29) is 10.8 Å². The average molecular weight is 408 g/mol. The summed E-state index contributed by atoms with van der Waals surface area (Å²) in [5, 5.41) is 4.22. The molecule has 2 aromatic rings. The van der Waals surface area contributed by atoms with Crippen molar-refractivity contribution in [3.05, 3.63) is 51.2 Å². The van der Waals surface area contributed by atoms with Crippen LogP contribution in [0, 0.1) is 13.8 Å². The van der Waals surface area contributed by atoms with Crippen molar-refractivity contribution >= 4 is 27.3 Å². The predicted octanol–water partition coefficient (Wildman–Crippen LogP) is 2.23. The van der Waals surface area contributed by atoms with Crippen LogP contribution < -0.4 is 4.72 Å². The summed E-state index contributed by atoms with van der Waals surface area (Å²) in [6.07, 6.45) is 0. The van der Waals surface area contributed by atoms with Crippen molar-refractivity contribution in [2.45, 2.75) is 25.3 Å². The molecule has 1 N–H and O–H groups in total. The molecule has 1 aromatic heterocycles. The zero-order valence-electron chi connectivity index (χ0n) is 15.9. The molecular weight excluding hydrogens is 382 g/mol. The first-order valence-electron chi connectivity index (χ1n) is 8.89. The van der Waals surface area contributed by atoms with Gasteiger partial charge in [0, 0.05) is 38.3 Å². The minimum atomic E-state index is -3.60. The second-order valence-electron chi connectivity index (χ2n) is 6.82. The second-order valence-corrected chi connectivity index (χ2v) is 9.46. The zero-order chi connectivity index (χ0) is 19.6. The molecule has 146 valence electrons. The van der Waals surface area contributed by atoms with Crippen molar-refractivity contribution in [1.82, 2.24) is 14.5 Å². The van der Waals surface area contributed by atoms with Gasteiger partial charge in [-0.1, -0.05) is 0 Å². The Kier molecular flexibility index (Phi) is 6.00. The first-order valence-corrected chi connectivity index (χ1v) is 11.3. The Bertz CT molecular complexity index is 916. The molecule has 1 fully saturated rings. The molecule has 0 saturated carbocycles. The van der Waals surface area contributed by atoms with E-state index in [2.05, 4.69) is 26.4 Å². The molecule has 8 heteroatoms. The maximum absolute atomic E-state index is 12.9. The largest absolute Gasteiger partial charge is 0.336 e. The van der Waals surface area contributed by atoms with Crippen molar-refractivity contribution in [3.8, 4) is 0 Å². The van der Waals surface area contributed by atoms with Gasteiger partial charge < -0.3 is 4.90 Å². The Morgan fingerprint density at radius 1 is 1.19 bits per heavy atom. The summed E-state index contributed by atoms with van der Waals surface area (Å²) >= 11 is 1.69. The van der Waals surface area contributed by atoms with Crippen molar-refractivity contribution < 1.29 is 13.2 Å². The van der Waals surface area contributed by atoms with Crippen LogP contribution in [0.2, 0.25) is 0 Å². The highest BCUT2D eigenvalue weighted by Crippen LogP contribution is 2.22. The molecule has 1 aliphatic heterocycles. The minimum absolute atomic E-state index is 0.110. The van der Waals surface area contributed by atoms with Crippen LogP contribution in [0.15, 0.2) is 33.9 Å². The number of carbonyl (C=O) groups excluding carboxylic acids is 1. The highest BCUT2D eigenvalue weighted by Gasteiger charge is 2.25. The first kappa shape index (κ1) is 20.0. The van der Waals surface area contributed by atoms with Crippen molar-refractivity contribution in [2.24, 2.45) is 0 Å². The number of nitrogens with zero attached hydrogens (tertiary/aromatic N) is 2. The standard InChI is InChI=1S/C19H25N3O3S2/c1-14-10-17(11-18(15(14)2)27(24,25)20-3)19(23)22-7-5-21(6-8-22)12-16-4-9-26-13-16/h4,9-11,13,20H,5-8,12H2,1-3H3. The van der Waals surface area contributed by atoms with E-state index in [9.17, 15) is 13.2 Å². The molecular formula is C19H25N3O3S2. The highest BCUT2D eigenvalue weighted by molar-refractivity contribution is 7.89. The van der Waals surface area contributed by atoms with E-state index in [1.165, 1.54) is 18.7 Å². The average Bonchev–Trinajstić information content (AvgIpc) is 3.16. The minimum Gasteiger partial charge on any atom is -0.336 e. The van der Waals surface area contributed by atoms with Crippen LogP contribution in [0.1, 0.15) is 27.0 Å². The molecule has 0 spiro atoms. The SMILES string of the molecule is CNS(=O)(=O)c1cc(C(=O)N2CCN(Cc3ccsc3)CC2)cc(C)c1C. The molecule has 1 aliphatic rings. The summed E-state index contributed by atoms with van der Waals surface area (Å²) < 4.78 is 26.9. The van der Waals surface area contributed by atoms with Crippen molar-refractivity contribution in [3.63, 3.8) is 0 Å². The predicted molar refractivity (Wildman–Crippen MR) is 108 cm³/mol. The fourth-order valence-corrected chi connectivity index (χ4v) is 5.00. The molecule has 2 heterocycles. The molecule has 6 nitrogen and oxygen atoms in total. The maximum atomic E-state index is 12.9. The third-order valence-corrected chi connectivity index (χ3v) is 7.34. The molecule has 0 unspecified atom stereocenters. The zero-order valence-corrected chi connectivity index (χ0v) is 17.5. The van der Waals surface area contributed by atoms with Crippen molar-refractivity contribution in [2.75, 3.05) is 33.2 Å². The van der Waals surface area contributed by atoms with Crippen LogP contribution in [0.3, 0.4) is 0 Å². The van der Waals surface area contributed by atoms with E-state index in [1.807, 2.05) is 11.8 Å². The molecule has 0 atom stereocenters. The van der Waals surface area contributed by atoms with Crippen LogP contribution >= 0.6 is 11.3 Å². The summed E-state index contributed by atoms with van der Waals surface area (Å²) in [6, 6.07) is 5.40. The summed E-state index contributed by atoms with van der Waals surface area (Å²) in [6.45, 7) is 7.41. The van der Waals surface area contributed by atoms with Gasteiger partial charge in [0.25, 0.3) is 5.91 Å². The lowest BCUT2D eigenvalue weighted by Gasteiger charge is -2.34. The quantitative estimate of drug-likeness (QED) is 0.825. The number of thiophene rings is 1. The van der Waals surface area contributed by atoms with Crippen molar-refractivity contribution in [1.29, 1.82) is 0 Å². The van der Waals surface area contributed by atoms with Gasteiger partial charge in [-0.3, -0.25) is 9.69 Å². The number of benzene rings is 1. The van der Waals surface area contributed by atoms with Gasteiger partial charge in [0.05, 0.1) is 4.90 Å². The Balaban J connectivity index is 1.73.